The monoisotopic (exact) mass is 418 g/mol. The second kappa shape index (κ2) is 7.40. The van der Waals surface area contributed by atoms with Crippen LogP contribution in [0.1, 0.15) is 0 Å². The smallest absolute Gasteiger partial charge is 0.508 e. The molecule has 0 aliphatic heterocycles. The number of para-hydroxylation sites is 2. The molecule has 0 saturated carbocycles. The molecular weight excluding hydrogens is 405 g/mol. The van der Waals surface area contributed by atoms with Gasteiger partial charge in [0.05, 0.1) is 11.0 Å². The molecule has 32 heavy (non-hydrogen) atoms. The van der Waals surface area contributed by atoms with E-state index in [1.165, 1.54) is 0 Å². The van der Waals surface area contributed by atoms with E-state index in [0.717, 1.165) is 27.5 Å². The molecule has 0 aliphatic carbocycles. The summed E-state index contributed by atoms with van der Waals surface area (Å²) >= 11 is 0. The first-order valence-electron chi connectivity index (χ1n) is 9.82. The van der Waals surface area contributed by atoms with Gasteiger partial charge >= 0.3 is 13.7 Å². The van der Waals surface area contributed by atoms with E-state index in [-0.39, 0.29) is 6.01 Å². The zero-order valence-electron chi connectivity index (χ0n) is 16.5. The third kappa shape index (κ3) is 3.12. The Morgan fingerprint density at radius 3 is 2.22 bits per heavy atom. The lowest BCUT2D eigenvalue weighted by atomic mass is 10.1. The van der Waals surface area contributed by atoms with E-state index >= 15 is 0 Å². The maximum Gasteiger partial charge on any atom is 0.571 e. The van der Waals surface area contributed by atoms with Gasteiger partial charge in [-0.3, -0.25) is 0 Å². The Morgan fingerprint density at radius 1 is 0.719 bits per heavy atom. The van der Waals surface area contributed by atoms with Gasteiger partial charge in [0.1, 0.15) is 11.1 Å². The Bertz CT molecular complexity index is 1600. The van der Waals surface area contributed by atoms with Crippen molar-refractivity contribution in [3.8, 4) is 28.8 Å². The number of hydrogen-bond acceptors (Lipinski definition) is 8. The molecule has 3 heterocycles. The normalized spacial score (nSPS) is 11.3. The van der Waals surface area contributed by atoms with Gasteiger partial charge < -0.3 is 14.1 Å². The number of aromatic nitrogens is 5. The Morgan fingerprint density at radius 2 is 1.44 bits per heavy atom. The summed E-state index contributed by atoms with van der Waals surface area (Å²) in [5.74, 6) is 0.816. The van der Waals surface area contributed by atoms with Crippen LogP contribution in [0, 0.1) is 0 Å². The van der Waals surface area contributed by atoms with Crippen LogP contribution in [-0.2, 0) is 0 Å². The number of nitrogens with zero attached hydrogens (tertiary/aromatic N) is 5. The van der Waals surface area contributed by atoms with E-state index in [9.17, 15) is 0 Å². The summed E-state index contributed by atoms with van der Waals surface area (Å²) in [4.78, 5) is 22.6. The molecule has 0 aliphatic rings. The lowest BCUT2D eigenvalue weighted by molar-refractivity contribution is 0.430. The van der Waals surface area contributed by atoms with Crippen molar-refractivity contribution in [1.29, 1.82) is 0 Å². The second-order valence-corrected chi connectivity index (χ2v) is 7.03. The number of benzene rings is 3. The van der Waals surface area contributed by atoms with E-state index in [1.807, 2.05) is 72.8 Å². The molecule has 3 aromatic heterocycles. The number of furan rings is 1. The maximum absolute atomic E-state index is 9.09. The highest BCUT2D eigenvalue weighted by Crippen LogP contribution is 2.31. The van der Waals surface area contributed by atoms with Crippen molar-refractivity contribution >= 4 is 40.9 Å². The molecular formula is C23H13BN5O3. The van der Waals surface area contributed by atoms with Crippen molar-refractivity contribution in [2.24, 2.45) is 0 Å². The summed E-state index contributed by atoms with van der Waals surface area (Å²) in [6.07, 6.45) is 0. The van der Waals surface area contributed by atoms with Gasteiger partial charge in [-0.1, -0.05) is 42.5 Å². The van der Waals surface area contributed by atoms with Gasteiger partial charge in [0.25, 0.3) is 0 Å². The molecule has 9 heteroatoms. The Kier molecular flexibility index (Phi) is 4.26. The quantitative estimate of drug-likeness (QED) is 0.429. The molecule has 0 saturated heterocycles. The zero-order valence-corrected chi connectivity index (χ0v) is 16.5. The lowest BCUT2D eigenvalue weighted by Crippen LogP contribution is -2.06. The van der Waals surface area contributed by atoms with Crippen molar-refractivity contribution in [1.82, 2.24) is 24.9 Å². The average molecular weight is 418 g/mol. The van der Waals surface area contributed by atoms with Crippen molar-refractivity contribution in [3.63, 3.8) is 0 Å². The number of rotatable bonds is 4. The van der Waals surface area contributed by atoms with Crippen molar-refractivity contribution in [2.75, 3.05) is 0 Å². The highest BCUT2D eigenvalue weighted by atomic mass is 16.5. The van der Waals surface area contributed by atoms with E-state index < -0.39 is 0 Å². The molecule has 0 fully saturated rings. The molecule has 1 radical (unpaired) electrons. The van der Waals surface area contributed by atoms with Crippen LogP contribution in [0.15, 0.2) is 77.2 Å². The van der Waals surface area contributed by atoms with Gasteiger partial charge in [-0.05, 0) is 30.3 Å². The summed E-state index contributed by atoms with van der Waals surface area (Å²) in [5, 5.41) is 9.89. The first-order valence-corrected chi connectivity index (χ1v) is 9.82. The standard InChI is InChI=1S/C23H13BN5O3/c30-24-32-23-28-20(13-6-2-1-3-7-13)27-21(29-23)14-10-11-18-15(12-14)19-22(31-18)26-17-9-5-4-8-16(17)25-19/h1-12,30H. The second-order valence-electron chi connectivity index (χ2n) is 7.03. The first-order chi connectivity index (χ1) is 15.8. The Hall–Kier alpha value is -4.37. The molecule has 8 nitrogen and oxygen atoms in total. The Balaban J connectivity index is 1.54. The van der Waals surface area contributed by atoms with E-state index in [0.29, 0.717) is 36.1 Å². The summed E-state index contributed by atoms with van der Waals surface area (Å²) in [5.41, 5.74) is 4.87. The van der Waals surface area contributed by atoms with Crippen LogP contribution in [0.4, 0.5) is 0 Å². The van der Waals surface area contributed by atoms with E-state index in [4.69, 9.17) is 19.1 Å². The fraction of sp³-hybridized carbons (Fsp3) is 0. The molecule has 0 bridgehead atoms. The molecule has 151 valence electrons. The third-order valence-electron chi connectivity index (χ3n) is 5.04. The van der Waals surface area contributed by atoms with Crippen LogP contribution in [-0.4, -0.2) is 37.6 Å². The van der Waals surface area contributed by atoms with Crippen molar-refractivity contribution in [2.45, 2.75) is 0 Å². The molecule has 6 rings (SSSR count). The van der Waals surface area contributed by atoms with Crippen LogP contribution in [0.2, 0.25) is 0 Å². The average Bonchev–Trinajstić information content (AvgIpc) is 3.20. The molecule has 0 unspecified atom stereocenters. The molecule has 1 N–H and O–H groups in total. The highest BCUT2D eigenvalue weighted by Gasteiger charge is 2.16. The van der Waals surface area contributed by atoms with Gasteiger partial charge in [-0.15, -0.1) is 0 Å². The molecule has 0 amide bonds. The third-order valence-corrected chi connectivity index (χ3v) is 5.04. The zero-order chi connectivity index (χ0) is 21.5. The highest BCUT2D eigenvalue weighted by molar-refractivity contribution is 6.17. The summed E-state index contributed by atoms with van der Waals surface area (Å²) < 4.78 is 11.0. The predicted molar refractivity (Wildman–Crippen MR) is 120 cm³/mol. The number of hydrogen-bond donors (Lipinski definition) is 1. The molecule has 6 aromatic rings. The predicted octanol–water partition coefficient (Wildman–Crippen LogP) is 3.95. The van der Waals surface area contributed by atoms with E-state index in [1.54, 1.807) is 0 Å². The summed E-state index contributed by atoms with van der Waals surface area (Å²) in [6, 6.07) is 22.7. The fourth-order valence-corrected chi connectivity index (χ4v) is 3.58. The van der Waals surface area contributed by atoms with Gasteiger partial charge in [-0.2, -0.15) is 9.97 Å². The SMILES string of the molecule is O[B]Oc1nc(-c2ccccc2)nc(-c2ccc3oc4nc5ccccc5nc4c3c2)n1. The lowest BCUT2D eigenvalue weighted by Gasteiger charge is -2.07. The van der Waals surface area contributed by atoms with Crippen LogP contribution < -0.4 is 4.65 Å². The summed E-state index contributed by atoms with van der Waals surface area (Å²) in [7, 11) is 0.543. The first kappa shape index (κ1) is 18.4. The minimum Gasteiger partial charge on any atom is -0.508 e. The van der Waals surface area contributed by atoms with Crippen molar-refractivity contribution < 1.29 is 14.1 Å². The number of fused-ring (bicyclic) bond motifs is 4. The van der Waals surface area contributed by atoms with Gasteiger partial charge in [-0.25, -0.2) is 15.0 Å². The van der Waals surface area contributed by atoms with Crippen LogP contribution in [0.25, 0.3) is 56.0 Å². The molecule has 0 spiro atoms. The van der Waals surface area contributed by atoms with Gasteiger partial charge in [0.2, 0.25) is 5.71 Å². The molecule has 0 atom stereocenters. The van der Waals surface area contributed by atoms with Crippen LogP contribution in [0.5, 0.6) is 6.01 Å². The van der Waals surface area contributed by atoms with Crippen molar-refractivity contribution in [3.05, 3.63) is 72.8 Å². The minimum atomic E-state index is -0.0145. The molecule has 3 aromatic carbocycles. The Labute approximate surface area is 181 Å². The van der Waals surface area contributed by atoms with Crippen LogP contribution >= 0.6 is 0 Å². The van der Waals surface area contributed by atoms with Gasteiger partial charge in [0, 0.05) is 16.5 Å². The van der Waals surface area contributed by atoms with Crippen LogP contribution in [0.3, 0.4) is 0 Å². The fourth-order valence-electron chi connectivity index (χ4n) is 3.58. The largest absolute Gasteiger partial charge is 0.571 e. The van der Waals surface area contributed by atoms with Gasteiger partial charge in [0.15, 0.2) is 11.6 Å². The minimum absolute atomic E-state index is 0.0145. The summed E-state index contributed by atoms with van der Waals surface area (Å²) in [6.45, 7) is 0. The maximum atomic E-state index is 9.09. The van der Waals surface area contributed by atoms with E-state index in [2.05, 4.69) is 19.9 Å². The topological polar surface area (TPSA) is 107 Å².